The number of hydrogen-bond acceptors (Lipinski definition) is 1. The van der Waals surface area contributed by atoms with Gasteiger partial charge in [-0.2, -0.15) is 0 Å². The van der Waals surface area contributed by atoms with E-state index < -0.39 is 0 Å². The smallest absolute Gasteiger partial charge is 0.0685 e. The lowest BCUT2D eigenvalue weighted by molar-refractivity contribution is 0.585. The van der Waals surface area contributed by atoms with Gasteiger partial charge in [0.15, 0.2) is 0 Å². The van der Waals surface area contributed by atoms with Crippen LogP contribution in [0.2, 0.25) is 0 Å². The molecule has 0 saturated carbocycles. The Hall–Kier alpha value is -0.190. The molecule has 48 valence electrons. The summed E-state index contributed by atoms with van der Waals surface area (Å²) < 4.78 is 0. The molecule has 0 radical (unpaired) electrons. The largest absolute Gasteiger partial charge is 0.317 e. The van der Waals surface area contributed by atoms with Crippen molar-refractivity contribution in [2.75, 3.05) is 0 Å². The van der Waals surface area contributed by atoms with Gasteiger partial charge in [-0.1, -0.05) is 19.8 Å². The molecule has 0 spiro atoms. The Balaban J connectivity index is 0. The number of hydrogen-bond donors (Lipinski definition) is 1. The molecule has 8 heavy (non-hydrogen) atoms. The standard InChI is InChI=1S/C6H11N.ClH/c1-4-6(7)5(2)3;/h1,5-6H,7H2,2-3H3;1H/t6-;/m0./s1. The molecule has 0 heterocycles. The van der Waals surface area contributed by atoms with Gasteiger partial charge in [-0.25, -0.2) is 0 Å². The van der Waals surface area contributed by atoms with Gasteiger partial charge in [0.2, 0.25) is 0 Å². The second-order valence-corrected chi connectivity index (χ2v) is 1.94. The van der Waals surface area contributed by atoms with E-state index in [4.69, 9.17) is 12.2 Å². The average Bonchev–Trinajstić information content (AvgIpc) is 1.65. The van der Waals surface area contributed by atoms with Crippen LogP contribution in [0.5, 0.6) is 0 Å². The Labute approximate surface area is 57.1 Å². The number of nitrogens with two attached hydrogens (primary N) is 1. The van der Waals surface area contributed by atoms with Crippen LogP contribution in [0.1, 0.15) is 13.8 Å². The highest BCUT2D eigenvalue weighted by molar-refractivity contribution is 5.85. The first-order valence-electron chi connectivity index (χ1n) is 2.40. The highest BCUT2D eigenvalue weighted by Gasteiger charge is 1.99. The van der Waals surface area contributed by atoms with E-state index in [-0.39, 0.29) is 18.4 Å². The van der Waals surface area contributed by atoms with Crippen LogP contribution in [0, 0.1) is 18.3 Å². The first-order chi connectivity index (χ1) is 3.18. The first kappa shape index (κ1) is 10.7. The lowest BCUT2D eigenvalue weighted by atomic mass is 10.1. The monoisotopic (exact) mass is 133 g/mol. The fourth-order valence-electron chi connectivity index (χ4n) is 0.192. The molecule has 0 unspecified atom stereocenters. The predicted octanol–water partition coefficient (Wildman–Crippen LogP) is 1.02. The van der Waals surface area contributed by atoms with E-state index in [1.807, 2.05) is 13.8 Å². The van der Waals surface area contributed by atoms with Crippen molar-refractivity contribution in [3.05, 3.63) is 0 Å². The number of terminal acetylenes is 1. The van der Waals surface area contributed by atoms with Crippen molar-refractivity contribution in [2.24, 2.45) is 11.7 Å². The summed E-state index contributed by atoms with van der Waals surface area (Å²) in [4.78, 5) is 0. The second-order valence-electron chi connectivity index (χ2n) is 1.94. The zero-order valence-corrected chi connectivity index (χ0v) is 6.03. The summed E-state index contributed by atoms with van der Waals surface area (Å²) in [6.45, 7) is 4.01. The summed E-state index contributed by atoms with van der Waals surface area (Å²) >= 11 is 0. The number of halogens is 1. The van der Waals surface area contributed by atoms with Gasteiger partial charge in [0.05, 0.1) is 6.04 Å². The maximum atomic E-state index is 5.38. The van der Waals surface area contributed by atoms with Crippen LogP contribution in [0.4, 0.5) is 0 Å². The summed E-state index contributed by atoms with van der Waals surface area (Å²) in [5, 5.41) is 0. The fraction of sp³-hybridized carbons (Fsp3) is 0.667. The maximum absolute atomic E-state index is 5.38. The lowest BCUT2D eigenvalue weighted by Crippen LogP contribution is -2.23. The van der Waals surface area contributed by atoms with Crippen LogP contribution >= 0.6 is 12.4 Å². The van der Waals surface area contributed by atoms with Gasteiger partial charge in [-0.15, -0.1) is 18.8 Å². The van der Waals surface area contributed by atoms with Crippen molar-refractivity contribution in [1.82, 2.24) is 0 Å². The molecule has 1 atom stereocenters. The van der Waals surface area contributed by atoms with Crippen LogP contribution in [0.25, 0.3) is 0 Å². The van der Waals surface area contributed by atoms with E-state index in [2.05, 4.69) is 5.92 Å². The van der Waals surface area contributed by atoms with Crippen molar-refractivity contribution in [3.63, 3.8) is 0 Å². The molecule has 2 heteroatoms. The van der Waals surface area contributed by atoms with E-state index in [0.29, 0.717) is 5.92 Å². The predicted molar refractivity (Wildman–Crippen MR) is 38.9 cm³/mol. The normalized spacial score (nSPS) is 11.9. The van der Waals surface area contributed by atoms with Crippen molar-refractivity contribution < 1.29 is 0 Å². The van der Waals surface area contributed by atoms with Crippen molar-refractivity contribution in [2.45, 2.75) is 19.9 Å². The lowest BCUT2D eigenvalue weighted by Gasteiger charge is -2.05. The Morgan fingerprint density at radius 2 is 1.88 bits per heavy atom. The van der Waals surface area contributed by atoms with Gasteiger partial charge >= 0.3 is 0 Å². The molecule has 0 aromatic carbocycles. The molecule has 0 fully saturated rings. The van der Waals surface area contributed by atoms with Crippen molar-refractivity contribution in [3.8, 4) is 12.3 Å². The quantitative estimate of drug-likeness (QED) is 0.532. The van der Waals surface area contributed by atoms with Gasteiger partial charge in [0.1, 0.15) is 0 Å². The number of rotatable bonds is 1. The molecule has 0 aliphatic carbocycles. The second kappa shape index (κ2) is 4.96. The molecule has 0 aromatic heterocycles. The van der Waals surface area contributed by atoms with Gasteiger partial charge in [0.25, 0.3) is 0 Å². The third-order valence-corrected chi connectivity index (χ3v) is 0.911. The molecule has 0 aliphatic heterocycles. The van der Waals surface area contributed by atoms with Gasteiger partial charge in [-0.3, -0.25) is 0 Å². The Morgan fingerprint density at radius 3 is 1.88 bits per heavy atom. The molecule has 0 bridgehead atoms. The first-order valence-corrected chi connectivity index (χ1v) is 2.40. The molecule has 1 nitrogen and oxygen atoms in total. The van der Waals surface area contributed by atoms with E-state index in [1.165, 1.54) is 0 Å². The van der Waals surface area contributed by atoms with E-state index in [0.717, 1.165) is 0 Å². The summed E-state index contributed by atoms with van der Waals surface area (Å²) in [6, 6.07) is -0.0694. The molecule has 2 N–H and O–H groups in total. The Kier molecular flexibility index (Phi) is 6.65. The maximum Gasteiger partial charge on any atom is 0.0685 e. The minimum atomic E-state index is -0.0694. The third-order valence-electron chi connectivity index (χ3n) is 0.911. The highest BCUT2D eigenvalue weighted by atomic mass is 35.5. The average molecular weight is 134 g/mol. The van der Waals surface area contributed by atoms with Crippen molar-refractivity contribution in [1.29, 1.82) is 0 Å². The van der Waals surface area contributed by atoms with Crippen LogP contribution in [-0.2, 0) is 0 Å². The van der Waals surface area contributed by atoms with Gasteiger partial charge in [0, 0.05) is 0 Å². The summed E-state index contributed by atoms with van der Waals surface area (Å²) in [5.41, 5.74) is 5.38. The van der Waals surface area contributed by atoms with Crippen LogP contribution in [0.15, 0.2) is 0 Å². The molecular formula is C6H12ClN. The van der Waals surface area contributed by atoms with E-state index >= 15 is 0 Å². The SMILES string of the molecule is C#C[C@H](N)C(C)C.Cl. The van der Waals surface area contributed by atoms with Crippen LogP contribution in [-0.4, -0.2) is 6.04 Å². The van der Waals surface area contributed by atoms with Crippen LogP contribution in [0.3, 0.4) is 0 Å². The molecule has 0 saturated heterocycles. The Morgan fingerprint density at radius 1 is 1.50 bits per heavy atom. The summed E-state index contributed by atoms with van der Waals surface area (Å²) in [7, 11) is 0. The summed E-state index contributed by atoms with van der Waals surface area (Å²) in [5.74, 6) is 2.85. The molecule has 0 rings (SSSR count). The van der Waals surface area contributed by atoms with Crippen LogP contribution < -0.4 is 5.73 Å². The zero-order chi connectivity index (χ0) is 5.86. The van der Waals surface area contributed by atoms with E-state index in [1.54, 1.807) is 0 Å². The molecule has 0 amide bonds. The fourth-order valence-corrected chi connectivity index (χ4v) is 0.192. The third kappa shape index (κ3) is 3.98. The minimum Gasteiger partial charge on any atom is -0.317 e. The molecule has 0 aliphatic rings. The van der Waals surface area contributed by atoms with E-state index in [9.17, 15) is 0 Å². The minimum absolute atomic E-state index is 0. The molecular weight excluding hydrogens is 122 g/mol. The molecule has 0 aromatic rings. The highest BCUT2D eigenvalue weighted by Crippen LogP contribution is 1.93. The van der Waals surface area contributed by atoms with Gasteiger partial charge in [-0.05, 0) is 5.92 Å². The zero-order valence-electron chi connectivity index (χ0n) is 5.22. The topological polar surface area (TPSA) is 26.0 Å². The Bertz CT molecular complexity index is 83.0. The summed E-state index contributed by atoms with van der Waals surface area (Å²) in [6.07, 6.45) is 5.00. The van der Waals surface area contributed by atoms with Gasteiger partial charge < -0.3 is 5.73 Å². The van der Waals surface area contributed by atoms with Crippen molar-refractivity contribution >= 4 is 12.4 Å².